The summed E-state index contributed by atoms with van der Waals surface area (Å²) >= 11 is 0. The van der Waals surface area contributed by atoms with Crippen LogP contribution in [0, 0.1) is 0 Å². The molecule has 0 aliphatic rings. The summed E-state index contributed by atoms with van der Waals surface area (Å²) in [5, 5.41) is 0. The van der Waals surface area contributed by atoms with Crippen molar-refractivity contribution in [1.29, 1.82) is 0 Å². The Balaban J connectivity index is 1.87. The van der Waals surface area contributed by atoms with Crippen LogP contribution < -0.4 is 5.69 Å². The lowest BCUT2D eigenvalue weighted by Gasteiger charge is -2.21. The van der Waals surface area contributed by atoms with Gasteiger partial charge in [0.15, 0.2) is 0 Å². The smallest absolute Gasteiger partial charge is 0.309 e. The first-order valence-corrected chi connectivity index (χ1v) is 15.2. The lowest BCUT2D eigenvalue weighted by molar-refractivity contribution is 0.219. The second kappa shape index (κ2) is 13.1. The van der Waals surface area contributed by atoms with E-state index in [1.165, 1.54) is 0 Å². The molecule has 0 radical (unpaired) electrons. The van der Waals surface area contributed by atoms with Crippen LogP contribution in [-0.2, 0) is 13.6 Å². The third-order valence-corrected chi connectivity index (χ3v) is 8.82. The van der Waals surface area contributed by atoms with Gasteiger partial charge < -0.3 is 9.05 Å². The summed E-state index contributed by atoms with van der Waals surface area (Å²) in [5.74, 6) is 0. The molecular formula is C31H37N2O4P. The van der Waals surface area contributed by atoms with Gasteiger partial charge >= 0.3 is 13.3 Å². The molecule has 0 saturated carbocycles. The maximum atomic E-state index is 14.3. The van der Waals surface area contributed by atoms with Gasteiger partial charge in [-0.3, -0.25) is 13.7 Å². The molecule has 200 valence electrons. The van der Waals surface area contributed by atoms with Crippen LogP contribution in [0.1, 0.15) is 46.1 Å². The van der Waals surface area contributed by atoms with Crippen molar-refractivity contribution in [1.82, 2.24) is 9.13 Å². The van der Waals surface area contributed by atoms with E-state index in [2.05, 4.69) is 19.1 Å². The van der Waals surface area contributed by atoms with E-state index < -0.39 is 7.60 Å². The van der Waals surface area contributed by atoms with E-state index >= 15 is 0 Å². The third kappa shape index (κ3) is 6.10. The molecule has 6 nitrogen and oxygen atoms in total. The average Bonchev–Trinajstić information content (AvgIpc) is 3.25. The number of hydrogen-bond donors (Lipinski definition) is 0. The van der Waals surface area contributed by atoms with Crippen LogP contribution in [0.5, 0.6) is 0 Å². The van der Waals surface area contributed by atoms with Crippen molar-refractivity contribution in [3.63, 3.8) is 0 Å². The zero-order valence-electron chi connectivity index (χ0n) is 22.5. The maximum absolute atomic E-state index is 14.3. The van der Waals surface area contributed by atoms with E-state index in [4.69, 9.17) is 9.05 Å². The molecule has 7 heteroatoms. The molecule has 0 aliphatic heterocycles. The summed E-state index contributed by atoms with van der Waals surface area (Å²) in [6.07, 6.45) is 2.37. The first kappa shape index (κ1) is 27.8. The van der Waals surface area contributed by atoms with E-state index in [-0.39, 0.29) is 11.7 Å². The first-order valence-electron chi connectivity index (χ1n) is 13.4. The quantitative estimate of drug-likeness (QED) is 0.164. The topological polar surface area (TPSA) is 62.5 Å². The molecule has 0 N–H and O–H groups in total. The van der Waals surface area contributed by atoms with Crippen LogP contribution >= 0.6 is 7.60 Å². The molecule has 0 saturated heterocycles. The Labute approximate surface area is 225 Å². The van der Waals surface area contributed by atoms with Gasteiger partial charge in [0.1, 0.15) is 0 Å². The summed E-state index contributed by atoms with van der Waals surface area (Å²) in [6, 6.07) is 29.9. The molecule has 0 amide bonds. The molecule has 4 aromatic rings. The van der Waals surface area contributed by atoms with E-state index in [0.29, 0.717) is 32.2 Å². The Bertz CT molecular complexity index is 1390. The van der Waals surface area contributed by atoms with Crippen molar-refractivity contribution in [2.24, 2.45) is 0 Å². The van der Waals surface area contributed by atoms with Crippen LogP contribution in [0.3, 0.4) is 0 Å². The Morgan fingerprint density at radius 1 is 0.737 bits per heavy atom. The summed E-state index contributed by atoms with van der Waals surface area (Å²) in [6.45, 7) is 6.42. The number of nitrogens with zero attached hydrogens (tertiary/aromatic N) is 2. The minimum absolute atomic E-state index is 0.0847. The predicted octanol–water partition coefficient (Wildman–Crippen LogP) is 7.97. The zero-order valence-corrected chi connectivity index (χ0v) is 23.3. The van der Waals surface area contributed by atoms with E-state index in [1.807, 2.05) is 102 Å². The molecule has 4 rings (SSSR count). The highest BCUT2D eigenvalue weighted by molar-refractivity contribution is 7.53. The second-order valence-electron chi connectivity index (χ2n) is 9.13. The number of para-hydroxylation sites is 1. The SMILES string of the molecule is CCOP(=O)(CCCC(CC)n1c(-c2ccccc2)c(-c2ccccc2)n(-c2ccccc2)c1=O)OCC. The standard InChI is InChI=1S/C31H37N2O4P/c1-4-27(23-16-24-38(35,36-5-2)37-6-3)32-29(25-17-10-7-11-18-25)30(26-19-12-8-13-20-26)33(31(32)34)28-21-14-9-15-22-28/h7-15,17-22,27H,4-6,16,23-24H2,1-3H3. The third-order valence-electron chi connectivity index (χ3n) is 6.65. The lowest BCUT2D eigenvalue weighted by atomic mass is 10.0. The average molecular weight is 533 g/mol. The van der Waals surface area contributed by atoms with Gasteiger partial charge in [0.05, 0.1) is 36.5 Å². The van der Waals surface area contributed by atoms with E-state index in [1.54, 1.807) is 0 Å². The van der Waals surface area contributed by atoms with Gasteiger partial charge in [-0.05, 0) is 45.2 Å². The van der Waals surface area contributed by atoms with Crippen molar-refractivity contribution >= 4 is 7.60 Å². The number of rotatable bonds is 13. The molecule has 0 fully saturated rings. The van der Waals surface area contributed by atoms with Crippen LogP contribution in [-0.4, -0.2) is 28.5 Å². The van der Waals surface area contributed by atoms with Gasteiger partial charge in [0.25, 0.3) is 0 Å². The summed E-state index contributed by atoms with van der Waals surface area (Å²) in [5.41, 5.74) is 4.43. The Hall–Kier alpha value is -3.18. The fourth-order valence-electron chi connectivity index (χ4n) is 5.00. The van der Waals surface area contributed by atoms with Crippen molar-refractivity contribution in [2.75, 3.05) is 19.4 Å². The lowest BCUT2D eigenvalue weighted by Crippen LogP contribution is -2.27. The van der Waals surface area contributed by atoms with Gasteiger partial charge in [-0.1, -0.05) is 85.8 Å². The summed E-state index contributed by atoms with van der Waals surface area (Å²) in [4.78, 5) is 14.3. The van der Waals surface area contributed by atoms with Crippen molar-refractivity contribution in [2.45, 2.75) is 46.1 Å². The van der Waals surface area contributed by atoms with Crippen LogP contribution in [0.4, 0.5) is 0 Å². The fourth-order valence-corrected chi connectivity index (χ4v) is 6.69. The number of imidazole rings is 1. The van der Waals surface area contributed by atoms with Crippen molar-refractivity contribution in [3.8, 4) is 28.2 Å². The summed E-state index contributed by atoms with van der Waals surface area (Å²) < 4.78 is 27.9. The summed E-state index contributed by atoms with van der Waals surface area (Å²) in [7, 11) is -3.15. The fraction of sp³-hybridized carbons (Fsp3) is 0.323. The monoisotopic (exact) mass is 532 g/mol. The molecule has 38 heavy (non-hydrogen) atoms. The number of aromatic nitrogens is 2. The Kier molecular flexibility index (Phi) is 9.57. The van der Waals surface area contributed by atoms with Crippen molar-refractivity contribution < 1.29 is 13.6 Å². The molecule has 1 heterocycles. The molecule has 1 unspecified atom stereocenters. The molecule has 1 atom stereocenters. The van der Waals surface area contributed by atoms with Gasteiger partial charge in [-0.15, -0.1) is 0 Å². The van der Waals surface area contributed by atoms with Gasteiger partial charge in [-0.25, -0.2) is 4.79 Å². The van der Waals surface area contributed by atoms with Gasteiger partial charge in [0.2, 0.25) is 0 Å². The largest absolute Gasteiger partial charge is 0.334 e. The Morgan fingerprint density at radius 3 is 1.74 bits per heavy atom. The maximum Gasteiger partial charge on any atom is 0.334 e. The zero-order chi connectivity index (χ0) is 27.0. The highest BCUT2D eigenvalue weighted by Crippen LogP contribution is 2.49. The molecule has 0 spiro atoms. The van der Waals surface area contributed by atoms with E-state index in [0.717, 1.165) is 34.6 Å². The van der Waals surface area contributed by atoms with Gasteiger partial charge in [0, 0.05) is 17.2 Å². The highest BCUT2D eigenvalue weighted by Gasteiger charge is 2.28. The second-order valence-corrected chi connectivity index (χ2v) is 11.3. The number of benzene rings is 3. The van der Waals surface area contributed by atoms with Crippen LogP contribution in [0.15, 0.2) is 95.8 Å². The van der Waals surface area contributed by atoms with Crippen LogP contribution in [0.2, 0.25) is 0 Å². The molecular weight excluding hydrogens is 495 g/mol. The first-order chi connectivity index (χ1) is 18.5. The number of hydrogen-bond acceptors (Lipinski definition) is 4. The van der Waals surface area contributed by atoms with Crippen LogP contribution in [0.25, 0.3) is 28.2 Å². The Morgan fingerprint density at radius 2 is 1.24 bits per heavy atom. The minimum Gasteiger partial charge on any atom is -0.309 e. The molecule has 0 aliphatic carbocycles. The molecule has 3 aromatic carbocycles. The van der Waals surface area contributed by atoms with E-state index in [9.17, 15) is 9.36 Å². The molecule has 0 bridgehead atoms. The van der Waals surface area contributed by atoms with Gasteiger partial charge in [-0.2, -0.15) is 0 Å². The molecule has 1 aromatic heterocycles. The predicted molar refractivity (Wildman–Crippen MR) is 155 cm³/mol. The highest BCUT2D eigenvalue weighted by atomic mass is 31.2. The minimum atomic E-state index is -3.15. The normalized spacial score (nSPS) is 12.5. The van der Waals surface area contributed by atoms with Crippen molar-refractivity contribution in [3.05, 3.63) is 101 Å².